The van der Waals surface area contributed by atoms with Gasteiger partial charge in [-0.1, -0.05) is 0 Å². The lowest BCUT2D eigenvalue weighted by molar-refractivity contribution is 0.0600. The second-order valence-corrected chi connectivity index (χ2v) is 4.14. The number of likely N-dealkylation sites (N-methyl/N-ethyl adjacent to an activating group) is 1. The minimum atomic E-state index is -0.359. The van der Waals surface area contributed by atoms with Gasteiger partial charge in [0.05, 0.1) is 19.3 Å². The zero-order chi connectivity index (χ0) is 14.1. The molecule has 0 radical (unpaired) electrons. The number of hydrogen-bond donors (Lipinski definition) is 1. The average Bonchev–Trinajstić information content (AvgIpc) is 2.44. The second-order valence-electron chi connectivity index (χ2n) is 4.14. The molecule has 1 aromatic rings. The Hall–Kier alpha value is -1.66. The summed E-state index contributed by atoms with van der Waals surface area (Å²) in [5, 5.41) is 3.17. The van der Waals surface area contributed by atoms with E-state index in [1.54, 1.807) is 25.4 Å². The fourth-order valence-corrected chi connectivity index (χ4v) is 1.51. The predicted octanol–water partition coefficient (Wildman–Crippen LogP) is 0.858. The van der Waals surface area contributed by atoms with Crippen LogP contribution in [0.1, 0.15) is 10.4 Å². The molecule has 0 bridgehead atoms. The molecule has 0 aliphatic carbocycles. The summed E-state index contributed by atoms with van der Waals surface area (Å²) in [5.41, 5.74) is 0.493. The van der Waals surface area contributed by atoms with Gasteiger partial charge in [-0.05, 0) is 19.2 Å². The summed E-state index contributed by atoms with van der Waals surface area (Å²) < 4.78 is 9.67. The second kappa shape index (κ2) is 8.44. The molecule has 0 aromatic carbocycles. The molecule has 0 saturated carbocycles. The van der Waals surface area contributed by atoms with Crippen molar-refractivity contribution < 1.29 is 14.3 Å². The summed E-state index contributed by atoms with van der Waals surface area (Å²) in [4.78, 5) is 17.7. The molecule has 0 unspecified atom stereocenters. The molecule has 0 spiro atoms. The van der Waals surface area contributed by atoms with Gasteiger partial charge in [-0.15, -0.1) is 0 Å². The Kier molecular flexibility index (Phi) is 6.84. The summed E-state index contributed by atoms with van der Waals surface area (Å²) in [6, 6.07) is 3.31. The van der Waals surface area contributed by atoms with E-state index in [-0.39, 0.29) is 5.97 Å². The Morgan fingerprint density at radius 1 is 1.42 bits per heavy atom. The van der Waals surface area contributed by atoms with Crippen LogP contribution < -0.4 is 5.32 Å². The van der Waals surface area contributed by atoms with Crippen LogP contribution in [0.2, 0.25) is 0 Å². The number of nitrogens with zero attached hydrogens (tertiary/aromatic N) is 2. The van der Waals surface area contributed by atoms with Crippen LogP contribution in [0, 0.1) is 0 Å². The van der Waals surface area contributed by atoms with Gasteiger partial charge in [-0.25, -0.2) is 9.78 Å². The third-order valence-electron chi connectivity index (χ3n) is 2.66. The summed E-state index contributed by atoms with van der Waals surface area (Å²) in [6.45, 7) is 3.21. The lowest BCUT2D eigenvalue weighted by Gasteiger charge is -2.16. The first-order chi connectivity index (χ1) is 9.17. The van der Waals surface area contributed by atoms with Crippen molar-refractivity contribution >= 4 is 11.8 Å². The maximum absolute atomic E-state index is 11.4. The molecule has 6 nitrogen and oxygen atoms in total. The van der Waals surface area contributed by atoms with E-state index in [4.69, 9.17) is 4.74 Å². The van der Waals surface area contributed by atoms with Crippen molar-refractivity contribution in [2.45, 2.75) is 0 Å². The number of carbonyl (C=O) groups excluding carboxylic acids is 1. The molecular formula is C13H21N3O3. The average molecular weight is 267 g/mol. The van der Waals surface area contributed by atoms with Gasteiger partial charge < -0.3 is 19.7 Å². The van der Waals surface area contributed by atoms with Crippen molar-refractivity contribution in [3.63, 3.8) is 0 Å². The van der Waals surface area contributed by atoms with Crippen LogP contribution in [-0.4, -0.2) is 63.4 Å². The van der Waals surface area contributed by atoms with Crippen LogP contribution in [0.4, 0.5) is 5.82 Å². The van der Waals surface area contributed by atoms with Crippen LogP contribution >= 0.6 is 0 Å². The summed E-state index contributed by atoms with van der Waals surface area (Å²) in [5.74, 6) is 0.311. The molecule has 19 heavy (non-hydrogen) atoms. The maximum Gasteiger partial charge on any atom is 0.338 e. The fraction of sp³-hybridized carbons (Fsp3) is 0.538. The van der Waals surface area contributed by atoms with Crippen molar-refractivity contribution in [2.24, 2.45) is 0 Å². The number of methoxy groups -OCH3 is 2. The molecule has 1 aromatic heterocycles. The van der Waals surface area contributed by atoms with Gasteiger partial charge in [0, 0.05) is 32.9 Å². The van der Waals surface area contributed by atoms with Gasteiger partial charge >= 0.3 is 5.97 Å². The van der Waals surface area contributed by atoms with Crippen LogP contribution in [0.5, 0.6) is 0 Å². The maximum atomic E-state index is 11.4. The molecule has 0 atom stereocenters. The first kappa shape index (κ1) is 15.4. The first-order valence-electron chi connectivity index (χ1n) is 6.13. The van der Waals surface area contributed by atoms with Crippen molar-refractivity contribution in [1.29, 1.82) is 0 Å². The number of aromatic nitrogens is 1. The summed E-state index contributed by atoms with van der Waals surface area (Å²) >= 11 is 0. The number of pyridine rings is 1. The van der Waals surface area contributed by atoms with E-state index < -0.39 is 0 Å². The first-order valence-corrected chi connectivity index (χ1v) is 6.13. The molecule has 106 valence electrons. The molecule has 0 aliphatic heterocycles. The van der Waals surface area contributed by atoms with E-state index in [2.05, 4.69) is 19.9 Å². The van der Waals surface area contributed by atoms with Gasteiger partial charge in [-0.3, -0.25) is 0 Å². The van der Waals surface area contributed by atoms with Crippen LogP contribution in [0.3, 0.4) is 0 Å². The Morgan fingerprint density at radius 3 is 2.89 bits per heavy atom. The third-order valence-corrected chi connectivity index (χ3v) is 2.66. The van der Waals surface area contributed by atoms with Crippen molar-refractivity contribution in [1.82, 2.24) is 9.88 Å². The van der Waals surface area contributed by atoms with Crippen LogP contribution in [0.15, 0.2) is 18.3 Å². The van der Waals surface area contributed by atoms with Crippen molar-refractivity contribution in [3.8, 4) is 0 Å². The van der Waals surface area contributed by atoms with E-state index in [1.165, 1.54) is 7.11 Å². The van der Waals surface area contributed by atoms with E-state index in [0.717, 1.165) is 19.6 Å². The smallest absolute Gasteiger partial charge is 0.338 e. The minimum Gasteiger partial charge on any atom is -0.465 e. The Bertz CT molecular complexity index is 398. The number of esters is 1. The monoisotopic (exact) mass is 267 g/mol. The SMILES string of the molecule is COCCN(C)CCNc1cc(C(=O)OC)ccn1. The molecule has 1 heterocycles. The van der Waals surface area contributed by atoms with Crippen LogP contribution in [-0.2, 0) is 9.47 Å². The molecule has 1 N–H and O–H groups in total. The highest BCUT2D eigenvalue weighted by atomic mass is 16.5. The van der Waals surface area contributed by atoms with E-state index in [0.29, 0.717) is 18.0 Å². The number of anilines is 1. The molecule has 0 fully saturated rings. The normalized spacial score (nSPS) is 10.5. The van der Waals surface area contributed by atoms with Gasteiger partial charge in [0.2, 0.25) is 0 Å². The standard InChI is InChI=1S/C13H21N3O3/c1-16(8-9-18-2)7-6-15-12-10-11(4-5-14-12)13(17)19-3/h4-5,10H,6-9H2,1-3H3,(H,14,15). The van der Waals surface area contributed by atoms with Crippen LogP contribution in [0.25, 0.3) is 0 Å². The Balaban J connectivity index is 2.39. The highest BCUT2D eigenvalue weighted by molar-refractivity contribution is 5.89. The number of nitrogens with one attached hydrogen (secondary N) is 1. The van der Waals surface area contributed by atoms with Crippen molar-refractivity contribution in [2.75, 3.05) is 52.8 Å². The highest BCUT2D eigenvalue weighted by Crippen LogP contribution is 2.07. The lowest BCUT2D eigenvalue weighted by atomic mass is 10.2. The van der Waals surface area contributed by atoms with Gasteiger partial charge in [0.25, 0.3) is 0 Å². The Morgan fingerprint density at radius 2 is 2.21 bits per heavy atom. The fourth-order valence-electron chi connectivity index (χ4n) is 1.51. The molecular weight excluding hydrogens is 246 g/mol. The number of carbonyl (C=O) groups is 1. The predicted molar refractivity (Wildman–Crippen MR) is 73.4 cm³/mol. The number of ether oxygens (including phenoxy) is 2. The zero-order valence-corrected chi connectivity index (χ0v) is 11.7. The zero-order valence-electron chi connectivity index (χ0n) is 11.7. The van der Waals surface area contributed by atoms with Gasteiger partial charge in [0.1, 0.15) is 5.82 Å². The number of hydrogen-bond acceptors (Lipinski definition) is 6. The highest BCUT2D eigenvalue weighted by Gasteiger charge is 2.06. The lowest BCUT2D eigenvalue weighted by Crippen LogP contribution is -2.28. The summed E-state index contributed by atoms with van der Waals surface area (Å²) in [7, 11) is 5.08. The van der Waals surface area contributed by atoms with E-state index >= 15 is 0 Å². The molecule has 6 heteroatoms. The minimum absolute atomic E-state index is 0.359. The Labute approximate surface area is 113 Å². The largest absolute Gasteiger partial charge is 0.465 e. The molecule has 1 rings (SSSR count). The quantitative estimate of drug-likeness (QED) is 0.705. The number of rotatable bonds is 8. The molecule has 0 saturated heterocycles. The summed E-state index contributed by atoms with van der Waals surface area (Å²) in [6.07, 6.45) is 1.59. The van der Waals surface area contributed by atoms with Crippen molar-refractivity contribution in [3.05, 3.63) is 23.9 Å². The topological polar surface area (TPSA) is 63.7 Å². The van der Waals surface area contributed by atoms with E-state index in [1.807, 2.05) is 7.05 Å². The van der Waals surface area contributed by atoms with Gasteiger partial charge in [-0.2, -0.15) is 0 Å². The van der Waals surface area contributed by atoms with E-state index in [9.17, 15) is 4.79 Å². The molecule has 0 amide bonds. The third kappa shape index (κ3) is 5.67. The van der Waals surface area contributed by atoms with Gasteiger partial charge in [0.15, 0.2) is 0 Å². The molecule has 0 aliphatic rings.